The Morgan fingerprint density at radius 3 is 2.96 bits per heavy atom. The van der Waals surface area contributed by atoms with Crippen LogP contribution in [0.3, 0.4) is 0 Å². The van der Waals surface area contributed by atoms with E-state index in [1.807, 2.05) is 11.7 Å². The van der Waals surface area contributed by atoms with E-state index in [-0.39, 0.29) is 5.56 Å². The smallest absolute Gasteiger partial charge is 0.262 e. The van der Waals surface area contributed by atoms with Crippen molar-refractivity contribution in [2.45, 2.75) is 62.9 Å². The van der Waals surface area contributed by atoms with Gasteiger partial charge in [-0.05, 0) is 48.1 Å². The van der Waals surface area contributed by atoms with Crippen LogP contribution in [0.25, 0.3) is 10.2 Å². The van der Waals surface area contributed by atoms with E-state index in [1.54, 1.807) is 15.9 Å². The molecule has 138 valence electrons. The lowest BCUT2D eigenvalue weighted by molar-refractivity contribution is 0.540. The van der Waals surface area contributed by atoms with Crippen LogP contribution in [0.2, 0.25) is 0 Å². The summed E-state index contributed by atoms with van der Waals surface area (Å²) in [7, 11) is 1.81. The van der Waals surface area contributed by atoms with Gasteiger partial charge in [0.2, 0.25) is 0 Å². The van der Waals surface area contributed by atoms with Crippen molar-refractivity contribution in [2.24, 2.45) is 7.05 Å². The molecule has 3 aromatic heterocycles. The lowest BCUT2D eigenvalue weighted by Gasteiger charge is -2.10. The summed E-state index contributed by atoms with van der Waals surface area (Å²) >= 11 is 3.21. The van der Waals surface area contributed by atoms with Crippen LogP contribution in [0, 0.1) is 0 Å². The first-order valence-electron chi connectivity index (χ1n) is 9.08. The second-order valence-electron chi connectivity index (χ2n) is 6.61. The minimum Gasteiger partial charge on any atom is -0.290 e. The topological polar surface area (TPSA) is 78.5 Å². The van der Waals surface area contributed by atoms with Crippen molar-refractivity contribution >= 4 is 33.3 Å². The van der Waals surface area contributed by atoms with Crippen LogP contribution in [-0.4, -0.2) is 29.8 Å². The van der Waals surface area contributed by atoms with Gasteiger partial charge in [-0.25, -0.2) is 9.67 Å². The molecule has 0 unspecified atom stereocenters. The quantitative estimate of drug-likeness (QED) is 0.476. The standard InChI is InChI=1S/C17H22N6OS2/c1-3-4-9-23-13(19-20-21-23)10-25-17-18-15-14(16(24)22(17)2)11-7-5-6-8-12(11)26-15/h3-10H2,1-2H3. The number of nitrogens with zero attached hydrogens (tertiary/aromatic N) is 6. The van der Waals surface area contributed by atoms with E-state index < -0.39 is 0 Å². The summed E-state index contributed by atoms with van der Waals surface area (Å²) in [5.41, 5.74) is 1.31. The highest BCUT2D eigenvalue weighted by Gasteiger charge is 2.21. The minimum atomic E-state index is 0.0717. The Balaban J connectivity index is 1.62. The van der Waals surface area contributed by atoms with Crippen LogP contribution >= 0.6 is 23.1 Å². The van der Waals surface area contributed by atoms with Gasteiger partial charge in [-0.2, -0.15) is 0 Å². The second-order valence-corrected chi connectivity index (χ2v) is 8.64. The van der Waals surface area contributed by atoms with Crippen LogP contribution in [-0.2, 0) is 32.2 Å². The van der Waals surface area contributed by atoms with Gasteiger partial charge in [-0.3, -0.25) is 9.36 Å². The predicted molar refractivity (Wildman–Crippen MR) is 104 cm³/mol. The number of hydrogen-bond donors (Lipinski definition) is 0. The first-order chi connectivity index (χ1) is 12.7. The number of thioether (sulfide) groups is 1. The van der Waals surface area contributed by atoms with Crippen molar-refractivity contribution < 1.29 is 0 Å². The second kappa shape index (κ2) is 7.48. The number of rotatable bonds is 6. The third kappa shape index (κ3) is 3.18. The molecule has 0 spiro atoms. The molecular formula is C17H22N6OS2. The monoisotopic (exact) mass is 390 g/mol. The van der Waals surface area contributed by atoms with E-state index in [1.165, 1.54) is 35.0 Å². The molecule has 1 aliphatic rings. The summed E-state index contributed by atoms with van der Waals surface area (Å²) in [6.07, 6.45) is 6.61. The fourth-order valence-corrected chi connectivity index (χ4v) is 5.54. The number of aromatic nitrogens is 6. The average molecular weight is 391 g/mol. The molecule has 9 heteroatoms. The molecule has 7 nitrogen and oxygen atoms in total. The zero-order valence-electron chi connectivity index (χ0n) is 15.1. The van der Waals surface area contributed by atoms with Gasteiger partial charge in [-0.15, -0.1) is 16.4 Å². The van der Waals surface area contributed by atoms with Gasteiger partial charge in [0.25, 0.3) is 5.56 Å². The minimum absolute atomic E-state index is 0.0717. The molecule has 0 aliphatic heterocycles. The first kappa shape index (κ1) is 17.7. The van der Waals surface area contributed by atoms with Gasteiger partial charge in [0.1, 0.15) is 4.83 Å². The van der Waals surface area contributed by atoms with Crippen LogP contribution < -0.4 is 5.56 Å². The highest BCUT2D eigenvalue weighted by Crippen LogP contribution is 2.34. The Labute approximate surface area is 159 Å². The molecule has 3 heterocycles. The Morgan fingerprint density at radius 1 is 1.27 bits per heavy atom. The third-order valence-electron chi connectivity index (χ3n) is 4.82. The van der Waals surface area contributed by atoms with E-state index in [0.29, 0.717) is 5.75 Å². The number of unbranched alkanes of at least 4 members (excludes halogenated alkanes) is 1. The van der Waals surface area contributed by atoms with Crippen LogP contribution in [0.5, 0.6) is 0 Å². The molecule has 0 amide bonds. The van der Waals surface area contributed by atoms with Gasteiger partial charge in [-0.1, -0.05) is 25.1 Å². The molecule has 0 radical (unpaired) electrons. The SMILES string of the molecule is CCCCn1nnnc1CSc1nc2sc3c(c2c(=O)n1C)CCCC3. The molecule has 0 bridgehead atoms. The summed E-state index contributed by atoms with van der Waals surface area (Å²) in [6, 6.07) is 0. The van der Waals surface area contributed by atoms with Crippen LogP contribution in [0.1, 0.15) is 48.9 Å². The molecule has 0 N–H and O–H groups in total. The maximum Gasteiger partial charge on any atom is 0.262 e. The molecule has 0 atom stereocenters. The van der Waals surface area contributed by atoms with Crippen molar-refractivity contribution in [2.75, 3.05) is 0 Å². The van der Waals surface area contributed by atoms with Gasteiger partial charge in [0.15, 0.2) is 11.0 Å². The Bertz CT molecular complexity index is 989. The highest BCUT2D eigenvalue weighted by molar-refractivity contribution is 7.98. The normalized spacial score (nSPS) is 14.1. The molecule has 26 heavy (non-hydrogen) atoms. The largest absolute Gasteiger partial charge is 0.290 e. The van der Waals surface area contributed by atoms with E-state index in [9.17, 15) is 4.79 Å². The Kier molecular flexibility index (Phi) is 5.08. The van der Waals surface area contributed by atoms with Gasteiger partial charge < -0.3 is 0 Å². The van der Waals surface area contributed by atoms with Crippen molar-refractivity contribution in [3.05, 3.63) is 26.6 Å². The molecule has 0 saturated heterocycles. The van der Waals surface area contributed by atoms with Crippen molar-refractivity contribution in [3.63, 3.8) is 0 Å². The fraction of sp³-hybridized carbons (Fsp3) is 0.588. The zero-order chi connectivity index (χ0) is 18.1. The first-order valence-corrected chi connectivity index (χ1v) is 10.9. The van der Waals surface area contributed by atoms with Crippen molar-refractivity contribution in [1.29, 1.82) is 0 Å². The summed E-state index contributed by atoms with van der Waals surface area (Å²) in [4.78, 5) is 20.0. The van der Waals surface area contributed by atoms with E-state index in [4.69, 9.17) is 4.98 Å². The van der Waals surface area contributed by atoms with E-state index in [2.05, 4.69) is 22.4 Å². The van der Waals surface area contributed by atoms with Crippen LogP contribution in [0.15, 0.2) is 9.95 Å². The van der Waals surface area contributed by atoms with Crippen molar-refractivity contribution in [3.8, 4) is 0 Å². The molecule has 1 aliphatic carbocycles. The molecule has 0 fully saturated rings. The van der Waals surface area contributed by atoms with Gasteiger partial charge in [0, 0.05) is 18.5 Å². The fourth-order valence-electron chi connectivity index (χ4n) is 3.33. The lowest BCUT2D eigenvalue weighted by Crippen LogP contribution is -2.20. The Hall–Kier alpha value is -1.74. The van der Waals surface area contributed by atoms with E-state index >= 15 is 0 Å². The zero-order valence-corrected chi connectivity index (χ0v) is 16.7. The number of fused-ring (bicyclic) bond motifs is 3. The molecule has 0 saturated carbocycles. The molecule has 4 rings (SSSR count). The van der Waals surface area contributed by atoms with E-state index in [0.717, 1.165) is 53.4 Å². The summed E-state index contributed by atoms with van der Waals surface area (Å²) < 4.78 is 3.52. The Morgan fingerprint density at radius 2 is 2.12 bits per heavy atom. The maximum atomic E-state index is 12.9. The summed E-state index contributed by atoms with van der Waals surface area (Å²) in [6.45, 7) is 2.97. The third-order valence-corrected chi connectivity index (χ3v) is 7.03. The number of hydrogen-bond acceptors (Lipinski definition) is 7. The highest BCUT2D eigenvalue weighted by atomic mass is 32.2. The van der Waals surface area contributed by atoms with Crippen LogP contribution in [0.4, 0.5) is 0 Å². The number of aryl methyl sites for hydroxylation is 3. The summed E-state index contributed by atoms with van der Waals surface area (Å²) in [5, 5.41) is 13.5. The van der Waals surface area contributed by atoms with Gasteiger partial charge in [0.05, 0.1) is 11.1 Å². The van der Waals surface area contributed by atoms with Gasteiger partial charge >= 0.3 is 0 Å². The average Bonchev–Trinajstić information content (AvgIpc) is 3.25. The number of thiophene rings is 1. The lowest BCUT2D eigenvalue weighted by atomic mass is 9.97. The molecular weight excluding hydrogens is 368 g/mol. The van der Waals surface area contributed by atoms with Crippen molar-refractivity contribution in [1.82, 2.24) is 29.8 Å². The molecule has 3 aromatic rings. The maximum absolute atomic E-state index is 12.9. The predicted octanol–water partition coefficient (Wildman–Crippen LogP) is 2.95. The summed E-state index contributed by atoms with van der Waals surface area (Å²) in [5.74, 6) is 1.43. The number of tetrazole rings is 1. The molecule has 0 aromatic carbocycles.